The molecular weight excluding hydrogens is 192 g/mol. The van der Waals surface area contributed by atoms with Gasteiger partial charge in [-0.1, -0.05) is 33.9 Å². The molecule has 0 aliphatic rings. The first-order valence-electron chi connectivity index (χ1n) is 4.84. The average Bonchev–Trinajstić information content (AvgIpc) is 2.49. The molecule has 1 rings (SSSR count). The number of rotatable bonds is 2. The van der Waals surface area contributed by atoms with Gasteiger partial charge < -0.3 is 4.42 Å². The standard InChI is InChI=1S/C11H18O2Si/c1-11(2,3)14(4,5)10-9(8-12)6-7-13-10/h6-8H,1-5H3. The maximum atomic E-state index is 10.8. The summed E-state index contributed by atoms with van der Waals surface area (Å²) in [5.41, 5.74) is 0.719. The predicted octanol–water partition coefficient (Wildman–Crippen LogP) is 2.81. The van der Waals surface area contributed by atoms with E-state index >= 15 is 0 Å². The van der Waals surface area contributed by atoms with E-state index in [1.807, 2.05) is 0 Å². The van der Waals surface area contributed by atoms with Crippen molar-refractivity contribution in [1.29, 1.82) is 0 Å². The van der Waals surface area contributed by atoms with Crippen LogP contribution in [0.25, 0.3) is 0 Å². The van der Waals surface area contributed by atoms with Crippen LogP contribution < -0.4 is 5.38 Å². The molecule has 0 amide bonds. The van der Waals surface area contributed by atoms with Crippen LogP contribution in [0.4, 0.5) is 0 Å². The van der Waals surface area contributed by atoms with Crippen molar-refractivity contribution in [3.63, 3.8) is 0 Å². The second kappa shape index (κ2) is 3.39. The van der Waals surface area contributed by atoms with Crippen molar-refractivity contribution in [3.8, 4) is 0 Å². The number of carbonyl (C=O) groups excluding carboxylic acids is 1. The number of hydrogen-bond donors (Lipinski definition) is 0. The van der Waals surface area contributed by atoms with Gasteiger partial charge >= 0.3 is 0 Å². The molecule has 14 heavy (non-hydrogen) atoms. The molecule has 0 N–H and O–H groups in total. The molecule has 3 heteroatoms. The highest BCUT2D eigenvalue weighted by atomic mass is 28.3. The van der Waals surface area contributed by atoms with Crippen LogP contribution in [0.15, 0.2) is 16.7 Å². The number of carbonyl (C=O) groups is 1. The Bertz CT molecular complexity index is 331. The molecule has 0 saturated heterocycles. The minimum absolute atomic E-state index is 0.197. The predicted molar refractivity (Wildman–Crippen MR) is 60.9 cm³/mol. The zero-order valence-corrected chi connectivity index (χ0v) is 10.5. The van der Waals surface area contributed by atoms with Crippen LogP contribution >= 0.6 is 0 Å². The van der Waals surface area contributed by atoms with Gasteiger partial charge in [-0.3, -0.25) is 4.79 Å². The Morgan fingerprint density at radius 1 is 1.36 bits per heavy atom. The number of furan rings is 1. The Labute approximate surface area is 86.3 Å². The Morgan fingerprint density at radius 3 is 2.36 bits per heavy atom. The first-order chi connectivity index (χ1) is 6.30. The zero-order chi connectivity index (χ0) is 11.0. The molecule has 0 radical (unpaired) electrons. The molecular formula is C11H18O2Si. The van der Waals surface area contributed by atoms with Crippen LogP contribution in [0.5, 0.6) is 0 Å². The summed E-state index contributed by atoms with van der Waals surface area (Å²) < 4.78 is 5.48. The molecule has 0 aliphatic heterocycles. The zero-order valence-electron chi connectivity index (χ0n) is 9.55. The minimum Gasteiger partial charge on any atom is -0.474 e. The Kier molecular flexibility index (Phi) is 2.72. The smallest absolute Gasteiger partial charge is 0.153 e. The topological polar surface area (TPSA) is 30.2 Å². The Hall–Kier alpha value is -0.833. The van der Waals surface area contributed by atoms with Crippen molar-refractivity contribution in [3.05, 3.63) is 17.9 Å². The van der Waals surface area contributed by atoms with Crippen molar-refractivity contribution in [2.75, 3.05) is 0 Å². The maximum absolute atomic E-state index is 10.8. The van der Waals surface area contributed by atoms with Crippen LogP contribution in [-0.4, -0.2) is 14.4 Å². The van der Waals surface area contributed by atoms with Crippen LogP contribution in [0, 0.1) is 0 Å². The molecule has 0 atom stereocenters. The van der Waals surface area contributed by atoms with Crippen LogP contribution in [0.1, 0.15) is 31.1 Å². The number of aldehydes is 1. The molecule has 1 heterocycles. The van der Waals surface area contributed by atoms with Crippen molar-refractivity contribution < 1.29 is 9.21 Å². The molecule has 78 valence electrons. The fraction of sp³-hybridized carbons (Fsp3) is 0.545. The molecule has 2 nitrogen and oxygen atoms in total. The third-order valence-electron chi connectivity index (χ3n) is 3.27. The SMILES string of the molecule is CC(C)(C)[Si](C)(C)c1occc1C=O. The van der Waals surface area contributed by atoms with Crippen molar-refractivity contribution in [2.45, 2.75) is 38.9 Å². The van der Waals surface area contributed by atoms with Gasteiger partial charge in [0.05, 0.1) is 17.2 Å². The highest BCUT2D eigenvalue weighted by Gasteiger charge is 2.41. The van der Waals surface area contributed by atoms with Gasteiger partial charge in [-0.05, 0) is 11.1 Å². The van der Waals surface area contributed by atoms with Crippen molar-refractivity contribution in [1.82, 2.24) is 0 Å². The van der Waals surface area contributed by atoms with Gasteiger partial charge in [0.25, 0.3) is 0 Å². The lowest BCUT2D eigenvalue weighted by molar-refractivity contribution is 0.112. The van der Waals surface area contributed by atoms with E-state index in [1.54, 1.807) is 12.3 Å². The van der Waals surface area contributed by atoms with Gasteiger partial charge in [0.15, 0.2) is 6.29 Å². The number of hydrogen-bond acceptors (Lipinski definition) is 2. The van der Waals surface area contributed by atoms with E-state index < -0.39 is 8.07 Å². The summed E-state index contributed by atoms with van der Waals surface area (Å²) in [6, 6.07) is 1.75. The summed E-state index contributed by atoms with van der Waals surface area (Å²) in [4.78, 5) is 10.8. The molecule has 0 bridgehead atoms. The van der Waals surface area contributed by atoms with Crippen molar-refractivity contribution >= 4 is 19.7 Å². The Morgan fingerprint density at radius 2 is 1.93 bits per heavy atom. The Balaban J connectivity index is 3.22. The second-order valence-electron chi connectivity index (χ2n) is 5.20. The molecule has 1 aromatic rings. The van der Waals surface area contributed by atoms with Gasteiger partial charge in [-0.25, -0.2) is 0 Å². The molecule has 0 saturated carbocycles. The van der Waals surface area contributed by atoms with Crippen LogP contribution in [0.2, 0.25) is 18.1 Å². The molecule has 0 aromatic carbocycles. The normalized spacial score (nSPS) is 12.9. The van der Waals surface area contributed by atoms with E-state index in [4.69, 9.17) is 4.42 Å². The summed E-state index contributed by atoms with van der Waals surface area (Å²) in [7, 11) is -1.69. The first-order valence-corrected chi connectivity index (χ1v) is 7.84. The molecule has 0 unspecified atom stereocenters. The van der Waals surface area contributed by atoms with Gasteiger partial charge in [-0.15, -0.1) is 0 Å². The van der Waals surface area contributed by atoms with Gasteiger partial charge in [-0.2, -0.15) is 0 Å². The van der Waals surface area contributed by atoms with Gasteiger partial charge in [0.1, 0.15) is 8.07 Å². The summed E-state index contributed by atoms with van der Waals surface area (Å²) in [6.07, 6.45) is 2.50. The van der Waals surface area contributed by atoms with Crippen molar-refractivity contribution in [2.24, 2.45) is 0 Å². The molecule has 0 spiro atoms. The lowest BCUT2D eigenvalue weighted by atomic mass is 10.2. The quantitative estimate of drug-likeness (QED) is 0.555. The summed E-state index contributed by atoms with van der Waals surface area (Å²) >= 11 is 0. The van der Waals surface area contributed by atoms with E-state index in [0.717, 1.165) is 17.2 Å². The second-order valence-corrected chi connectivity index (χ2v) is 10.4. The maximum Gasteiger partial charge on any atom is 0.153 e. The lowest BCUT2D eigenvalue weighted by Gasteiger charge is -2.35. The fourth-order valence-electron chi connectivity index (χ4n) is 1.26. The summed E-state index contributed by atoms with van der Waals surface area (Å²) in [6.45, 7) is 11.1. The lowest BCUT2D eigenvalue weighted by Crippen LogP contribution is -2.50. The largest absolute Gasteiger partial charge is 0.474 e. The highest BCUT2D eigenvalue weighted by molar-refractivity contribution is 6.91. The van der Waals surface area contributed by atoms with E-state index in [-0.39, 0.29) is 5.04 Å². The summed E-state index contributed by atoms with van der Waals surface area (Å²) in [5, 5.41) is 1.11. The van der Waals surface area contributed by atoms with E-state index in [2.05, 4.69) is 33.9 Å². The van der Waals surface area contributed by atoms with Gasteiger partial charge in [0, 0.05) is 0 Å². The van der Waals surface area contributed by atoms with Crippen LogP contribution in [-0.2, 0) is 0 Å². The third-order valence-corrected chi connectivity index (χ3v) is 8.56. The monoisotopic (exact) mass is 210 g/mol. The first kappa shape index (κ1) is 11.2. The van der Waals surface area contributed by atoms with E-state index in [9.17, 15) is 4.79 Å². The molecule has 0 aliphatic carbocycles. The molecule has 0 fully saturated rings. The van der Waals surface area contributed by atoms with Crippen LogP contribution in [0.3, 0.4) is 0 Å². The summed E-state index contributed by atoms with van der Waals surface area (Å²) in [5.74, 6) is 0. The third kappa shape index (κ3) is 1.69. The fourth-order valence-corrected chi connectivity index (χ4v) is 3.17. The van der Waals surface area contributed by atoms with E-state index in [0.29, 0.717) is 0 Å². The minimum atomic E-state index is -1.69. The van der Waals surface area contributed by atoms with Gasteiger partial charge in [0.2, 0.25) is 0 Å². The highest BCUT2D eigenvalue weighted by Crippen LogP contribution is 2.36. The van der Waals surface area contributed by atoms with E-state index in [1.165, 1.54) is 0 Å². The average molecular weight is 210 g/mol. The molecule has 1 aromatic heterocycles.